The Morgan fingerprint density at radius 3 is 2.47 bits per heavy atom. The molecule has 1 N–H and O–H groups in total. The van der Waals surface area contributed by atoms with Crippen molar-refractivity contribution in [1.82, 2.24) is 0 Å². The Balaban J connectivity index is 2.49. The molecular formula is C11H21BO5. The van der Waals surface area contributed by atoms with Crippen LogP contribution in [0.4, 0.5) is 0 Å². The van der Waals surface area contributed by atoms with E-state index in [-0.39, 0.29) is 18.8 Å². The molecule has 4 atom stereocenters. The molecule has 0 spiro atoms. The number of hydrogen-bond donors (Lipinski definition) is 1. The minimum absolute atomic E-state index is 0.119. The molecule has 2 radical (unpaired) electrons. The molecule has 1 aliphatic heterocycles. The van der Waals surface area contributed by atoms with Gasteiger partial charge in [0.2, 0.25) is 0 Å². The quantitative estimate of drug-likeness (QED) is 0.469. The lowest BCUT2D eigenvalue weighted by atomic mass is 9.92. The van der Waals surface area contributed by atoms with E-state index in [1.165, 1.54) is 0 Å². The molecule has 0 bridgehead atoms. The Hall–Kier alpha value is -0.135. The molecule has 98 valence electrons. The van der Waals surface area contributed by atoms with Gasteiger partial charge in [-0.05, 0) is 6.42 Å². The van der Waals surface area contributed by atoms with Crippen molar-refractivity contribution in [2.24, 2.45) is 0 Å². The Morgan fingerprint density at radius 2 is 1.88 bits per heavy atom. The Kier molecular flexibility index (Phi) is 7.07. The topological polar surface area (TPSA) is 57.2 Å². The van der Waals surface area contributed by atoms with Gasteiger partial charge in [-0.25, -0.2) is 0 Å². The molecule has 1 fully saturated rings. The lowest BCUT2D eigenvalue weighted by Gasteiger charge is -2.23. The second-order valence-electron chi connectivity index (χ2n) is 3.99. The minimum atomic E-state index is -0.564. The van der Waals surface area contributed by atoms with Crippen molar-refractivity contribution in [3.63, 3.8) is 0 Å². The van der Waals surface area contributed by atoms with Crippen LogP contribution in [0.25, 0.3) is 0 Å². The maximum absolute atomic E-state index is 9.20. The lowest BCUT2D eigenvalue weighted by Crippen LogP contribution is -2.39. The van der Waals surface area contributed by atoms with Crippen LogP contribution in [0.15, 0.2) is 0 Å². The number of aliphatic hydroxyl groups is 1. The van der Waals surface area contributed by atoms with Gasteiger partial charge in [-0.3, -0.25) is 0 Å². The normalized spacial score (nSPS) is 33.1. The molecule has 0 aromatic rings. The summed E-state index contributed by atoms with van der Waals surface area (Å²) >= 11 is 0. The van der Waals surface area contributed by atoms with Gasteiger partial charge >= 0.3 is 0 Å². The number of hydrogen-bond acceptors (Lipinski definition) is 5. The van der Waals surface area contributed by atoms with Gasteiger partial charge in [0, 0.05) is 19.7 Å². The van der Waals surface area contributed by atoms with Crippen LogP contribution in [0, 0.1) is 0 Å². The summed E-state index contributed by atoms with van der Waals surface area (Å²) in [5.74, 6) is 0. The first-order chi connectivity index (χ1) is 8.24. The van der Waals surface area contributed by atoms with Crippen molar-refractivity contribution in [3.8, 4) is 0 Å². The van der Waals surface area contributed by atoms with Crippen molar-refractivity contribution < 1.29 is 24.1 Å². The summed E-state index contributed by atoms with van der Waals surface area (Å²) in [7, 11) is 7.42. The van der Waals surface area contributed by atoms with Gasteiger partial charge in [-0.15, -0.1) is 0 Å². The molecule has 1 aliphatic rings. The first-order valence-electron chi connectivity index (χ1n) is 5.98. The number of rotatable bonds is 8. The van der Waals surface area contributed by atoms with E-state index in [9.17, 15) is 5.11 Å². The van der Waals surface area contributed by atoms with E-state index < -0.39 is 12.1 Å². The predicted octanol–water partition coefficient (Wildman–Crippen LogP) is -0.301. The second-order valence-corrected chi connectivity index (χ2v) is 3.99. The Morgan fingerprint density at radius 1 is 1.18 bits per heavy atom. The lowest BCUT2D eigenvalue weighted by molar-refractivity contribution is -0.0769. The highest BCUT2D eigenvalue weighted by molar-refractivity contribution is 6.11. The van der Waals surface area contributed by atoms with E-state index in [0.29, 0.717) is 19.8 Å². The van der Waals surface area contributed by atoms with Gasteiger partial charge in [0.25, 0.3) is 0 Å². The highest BCUT2D eigenvalue weighted by atomic mass is 16.6. The Bertz CT molecular complexity index is 204. The summed E-state index contributed by atoms with van der Waals surface area (Å²) in [5.41, 5.74) is 0. The largest absolute Gasteiger partial charge is 0.394 e. The molecule has 0 aromatic carbocycles. The highest BCUT2D eigenvalue weighted by Gasteiger charge is 2.43. The van der Waals surface area contributed by atoms with Crippen LogP contribution >= 0.6 is 0 Å². The van der Waals surface area contributed by atoms with Gasteiger partial charge in [-0.1, -0.05) is 6.92 Å². The average molecular weight is 244 g/mol. The predicted molar refractivity (Wildman–Crippen MR) is 63.1 cm³/mol. The van der Waals surface area contributed by atoms with Gasteiger partial charge in [0.05, 0.1) is 19.8 Å². The van der Waals surface area contributed by atoms with Crippen molar-refractivity contribution in [2.75, 3.05) is 33.5 Å². The van der Waals surface area contributed by atoms with E-state index in [0.717, 1.165) is 6.42 Å². The van der Waals surface area contributed by atoms with Crippen LogP contribution in [0.3, 0.4) is 0 Å². The summed E-state index contributed by atoms with van der Waals surface area (Å²) in [4.78, 5) is 0. The molecule has 17 heavy (non-hydrogen) atoms. The number of ether oxygens (including phenoxy) is 4. The smallest absolute Gasteiger partial charge is 0.114 e. The summed E-state index contributed by atoms with van der Waals surface area (Å²) in [6, 6.07) is -0.564. The third-order valence-corrected chi connectivity index (χ3v) is 2.64. The van der Waals surface area contributed by atoms with Gasteiger partial charge in [0.15, 0.2) is 0 Å². The van der Waals surface area contributed by atoms with Crippen LogP contribution in [0.1, 0.15) is 13.3 Å². The maximum Gasteiger partial charge on any atom is 0.114 e. The number of methoxy groups -OCH3 is 1. The van der Waals surface area contributed by atoms with Crippen molar-refractivity contribution in [1.29, 1.82) is 0 Å². The van der Waals surface area contributed by atoms with Crippen LogP contribution in [0.5, 0.6) is 0 Å². The minimum Gasteiger partial charge on any atom is -0.394 e. The molecule has 0 amide bonds. The molecule has 1 saturated heterocycles. The molecule has 5 nitrogen and oxygen atoms in total. The van der Waals surface area contributed by atoms with E-state index in [1.807, 2.05) is 6.92 Å². The van der Waals surface area contributed by atoms with Crippen LogP contribution in [-0.2, 0) is 18.9 Å². The zero-order valence-electron chi connectivity index (χ0n) is 10.5. The summed E-state index contributed by atoms with van der Waals surface area (Å²) in [5, 5.41) is 9.20. The molecule has 0 aromatic heterocycles. The average Bonchev–Trinajstić information content (AvgIpc) is 2.63. The third-order valence-electron chi connectivity index (χ3n) is 2.64. The van der Waals surface area contributed by atoms with E-state index in [1.54, 1.807) is 7.11 Å². The van der Waals surface area contributed by atoms with Gasteiger partial charge in [-0.2, -0.15) is 0 Å². The maximum atomic E-state index is 9.20. The first kappa shape index (κ1) is 14.9. The fourth-order valence-corrected chi connectivity index (χ4v) is 1.82. The van der Waals surface area contributed by atoms with Crippen molar-refractivity contribution >= 4 is 7.85 Å². The molecule has 6 heteroatoms. The van der Waals surface area contributed by atoms with Crippen LogP contribution in [-0.4, -0.2) is 70.8 Å². The third kappa shape index (κ3) is 4.23. The summed E-state index contributed by atoms with van der Waals surface area (Å²) < 4.78 is 21.5. The molecule has 0 aliphatic carbocycles. The zero-order chi connectivity index (χ0) is 12.7. The first-order valence-corrected chi connectivity index (χ1v) is 5.98. The van der Waals surface area contributed by atoms with Gasteiger partial charge in [0.1, 0.15) is 26.2 Å². The van der Waals surface area contributed by atoms with Crippen molar-refractivity contribution in [2.45, 2.75) is 37.7 Å². The molecule has 0 saturated carbocycles. The van der Waals surface area contributed by atoms with Crippen LogP contribution < -0.4 is 0 Å². The van der Waals surface area contributed by atoms with Crippen molar-refractivity contribution in [3.05, 3.63) is 0 Å². The summed E-state index contributed by atoms with van der Waals surface area (Å²) in [6.07, 6.45) is -0.181. The Labute approximate surface area is 104 Å². The molecule has 1 heterocycles. The fourth-order valence-electron chi connectivity index (χ4n) is 1.82. The fraction of sp³-hybridized carbons (Fsp3) is 1.00. The standard InChI is InChI=1S/C11H21BO5/c1-3-4-15-9-8(7-13)17-11(12)10(9)16-6-5-14-2/h8-11,13H,3-7H2,1-2H3. The van der Waals surface area contributed by atoms with Crippen LogP contribution in [0.2, 0.25) is 0 Å². The summed E-state index contributed by atoms with van der Waals surface area (Å²) in [6.45, 7) is 3.42. The van der Waals surface area contributed by atoms with E-state index >= 15 is 0 Å². The zero-order valence-corrected chi connectivity index (χ0v) is 10.5. The van der Waals surface area contributed by atoms with E-state index in [2.05, 4.69) is 0 Å². The van der Waals surface area contributed by atoms with E-state index in [4.69, 9.17) is 26.8 Å². The van der Waals surface area contributed by atoms with Gasteiger partial charge < -0.3 is 24.1 Å². The number of aliphatic hydroxyl groups excluding tert-OH is 1. The molecular weight excluding hydrogens is 223 g/mol. The monoisotopic (exact) mass is 244 g/mol. The second kappa shape index (κ2) is 8.05. The SMILES string of the molecule is [B]C1OC(CO)C(OCCC)C1OCCOC. The molecule has 4 unspecified atom stereocenters. The highest BCUT2D eigenvalue weighted by Crippen LogP contribution is 2.25. The molecule has 1 rings (SSSR count).